The van der Waals surface area contributed by atoms with Crippen molar-refractivity contribution in [2.24, 2.45) is 0 Å². The van der Waals surface area contributed by atoms with Gasteiger partial charge in [-0.1, -0.05) is 0 Å². The second-order valence-electron chi connectivity index (χ2n) is 2.51. The molecule has 0 saturated heterocycles. The fourth-order valence-electron chi connectivity index (χ4n) is 1.07. The molecule has 1 aliphatic rings. The third kappa shape index (κ3) is 1.80. The number of rotatable bonds is 2. The molecule has 0 aliphatic heterocycles. The van der Waals surface area contributed by atoms with Crippen molar-refractivity contribution in [2.45, 2.75) is 19.8 Å². The van der Waals surface area contributed by atoms with Gasteiger partial charge in [0.05, 0.1) is 13.0 Å². The summed E-state index contributed by atoms with van der Waals surface area (Å²) in [5, 5.41) is 7.37. The Bertz CT molecular complexity index is 274. The maximum absolute atomic E-state index is 8.57. The Balaban J connectivity index is 2.87. The topological polar surface area (TPSA) is 69.5 Å². The summed E-state index contributed by atoms with van der Waals surface area (Å²) >= 11 is 0. The van der Waals surface area contributed by atoms with E-state index in [0.717, 1.165) is 0 Å². The summed E-state index contributed by atoms with van der Waals surface area (Å²) in [5.74, 6) is 0.524. The lowest BCUT2D eigenvalue weighted by atomic mass is 10.0. The molecule has 0 aromatic heterocycles. The molecule has 12 heavy (non-hydrogen) atoms. The third-order valence-electron chi connectivity index (χ3n) is 1.64. The van der Waals surface area contributed by atoms with Gasteiger partial charge >= 0.3 is 5.71 Å². The zero-order valence-corrected chi connectivity index (χ0v) is 7.00. The monoisotopic (exact) mass is 165 g/mol. The van der Waals surface area contributed by atoms with E-state index in [2.05, 4.69) is 4.79 Å². The first kappa shape index (κ1) is 8.68. The summed E-state index contributed by atoms with van der Waals surface area (Å²) < 4.78 is 5.19. The molecule has 64 valence electrons. The smallest absolute Gasteiger partial charge is 0.333 e. The van der Waals surface area contributed by atoms with E-state index in [4.69, 9.17) is 15.7 Å². The number of nitrogens with one attached hydrogen (secondary N) is 1. The largest absolute Gasteiger partial charge is 0.487 e. The first-order valence-electron chi connectivity index (χ1n) is 3.91. The Morgan fingerprint density at radius 3 is 3.00 bits per heavy atom. The minimum absolute atomic E-state index is 0.519. The maximum atomic E-state index is 8.57. The lowest BCUT2D eigenvalue weighted by Crippen LogP contribution is -2.16. The molecule has 1 rings (SSSR count). The van der Waals surface area contributed by atoms with Crippen LogP contribution in [0.2, 0.25) is 0 Å². The minimum Gasteiger partial charge on any atom is -0.487 e. The van der Waals surface area contributed by atoms with Crippen LogP contribution < -0.4 is 0 Å². The van der Waals surface area contributed by atoms with E-state index in [1.165, 1.54) is 0 Å². The van der Waals surface area contributed by atoms with Crippen molar-refractivity contribution in [1.29, 1.82) is 5.41 Å². The number of hydrogen-bond donors (Lipinski definition) is 1. The highest BCUT2D eigenvalue weighted by Gasteiger charge is 2.22. The van der Waals surface area contributed by atoms with Gasteiger partial charge in [-0.05, 0) is 6.92 Å². The van der Waals surface area contributed by atoms with Crippen molar-refractivity contribution >= 4 is 11.4 Å². The van der Waals surface area contributed by atoms with Gasteiger partial charge in [0.15, 0.2) is 0 Å². The molecular weight excluding hydrogens is 154 g/mol. The zero-order valence-electron chi connectivity index (χ0n) is 7.00. The normalized spacial score (nSPS) is 16.9. The Morgan fingerprint density at radius 1 is 1.67 bits per heavy atom. The van der Waals surface area contributed by atoms with Crippen LogP contribution in [-0.2, 0) is 4.74 Å². The molecule has 4 nitrogen and oxygen atoms in total. The highest BCUT2D eigenvalue weighted by Crippen LogP contribution is 2.12. The lowest BCUT2D eigenvalue weighted by molar-refractivity contribution is -0.0127. The molecule has 0 spiro atoms. The number of hydrogen-bond acceptors (Lipinski definition) is 2. The second-order valence-corrected chi connectivity index (χ2v) is 2.51. The van der Waals surface area contributed by atoms with E-state index in [1.807, 2.05) is 6.92 Å². The summed E-state index contributed by atoms with van der Waals surface area (Å²) in [6, 6.07) is 0. The van der Waals surface area contributed by atoms with Gasteiger partial charge in [-0.3, -0.25) is 0 Å². The average molecular weight is 165 g/mol. The molecule has 0 heterocycles. The van der Waals surface area contributed by atoms with Crippen LogP contribution in [0.4, 0.5) is 0 Å². The van der Waals surface area contributed by atoms with Gasteiger partial charge in [-0.25, -0.2) is 0 Å². The maximum Gasteiger partial charge on any atom is 0.333 e. The van der Waals surface area contributed by atoms with E-state index in [1.54, 1.807) is 6.08 Å². The van der Waals surface area contributed by atoms with Crippen LogP contribution in [0.3, 0.4) is 0 Å². The molecule has 0 bridgehead atoms. The first-order valence-corrected chi connectivity index (χ1v) is 3.91. The van der Waals surface area contributed by atoms with Gasteiger partial charge in [-0.2, -0.15) is 4.79 Å². The highest BCUT2D eigenvalue weighted by molar-refractivity contribution is 6.08. The SMILES string of the molecule is CCOC1=CC(=N)CCC1=[N+]=[N-]. The van der Waals surface area contributed by atoms with Gasteiger partial charge in [0, 0.05) is 18.2 Å². The van der Waals surface area contributed by atoms with E-state index in [-0.39, 0.29) is 0 Å². The molecule has 0 aromatic carbocycles. The minimum atomic E-state index is 0.519. The van der Waals surface area contributed by atoms with Crippen LogP contribution in [0.5, 0.6) is 0 Å². The summed E-state index contributed by atoms with van der Waals surface area (Å²) in [6.07, 6.45) is 2.80. The van der Waals surface area contributed by atoms with Crippen molar-refractivity contribution in [3.05, 3.63) is 17.4 Å². The predicted molar refractivity (Wildman–Crippen MR) is 45.3 cm³/mol. The molecule has 0 atom stereocenters. The van der Waals surface area contributed by atoms with E-state index in [0.29, 0.717) is 36.6 Å². The Kier molecular flexibility index (Phi) is 2.77. The number of ether oxygens (including phenoxy) is 1. The molecule has 0 radical (unpaired) electrons. The molecule has 0 amide bonds. The second kappa shape index (κ2) is 3.83. The van der Waals surface area contributed by atoms with E-state index < -0.39 is 0 Å². The fourth-order valence-corrected chi connectivity index (χ4v) is 1.07. The van der Waals surface area contributed by atoms with Gasteiger partial charge in [0.2, 0.25) is 5.76 Å². The van der Waals surface area contributed by atoms with E-state index >= 15 is 0 Å². The van der Waals surface area contributed by atoms with Gasteiger partial charge < -0.3 is 15.7 Å². The molecule has 0 saturated carbocycles. The summed E-state index contributed by atoms with van der Waals surface area (Å²) in [7, 11) is 0. The summed E-state index contributed by atoms with van der Waals surface area (Å²) in [4.78, 5) is 3.11. The molecule has 1 N–H and O–H groups in total. The molecule has 1 aliphatic carbocycles. The first-order chi connectivity index (χ1) is 5.77. The number of allylic oxidation sites excluding steroid dienone is 2. The number of nitrogens with zero attached hydrogens (tertiary/aromatic N) is 2. The van der Waals surface area contributed by atoms with Crippen molar-refractivity contribution < 1.29 is 9.53 Å². The van der Waals surface area contributed by atoms with Gasteiger partial charge in [0.25, 0.3) is 0 Å². The summed E-state index contributed by atoms with van der Waals surface area (Å²) in [6.45, 7) is 2.38. The molecule has 4 heteroatoms. The highest BCUT2D eigenvalue weighted by atomic mass is 16.5. The molecular formula is C8H11N3O. The van der Waals surface area contributed by atoms with E-state index in [9.17, 15) is 0 Å². The molecule has 0 unspecified atom stereocenters. The third-order valence-corrected chi connectivity index (χ3v) is 1.64. The zero-order chi connectivity index (χ0) is 8.97. The standard InChI is InChI=1S/C8H11N3O/c1-2-12-8-5-6(9)3-4-7(8)11-10/h5,9H,2-4H2,1H3. The van der Waals surface area contributed by atoms with Gasteiger partial charge in [-0.15, -0.1) is 0 Å². The van der Waals surface area contributed by atoms with Crippen molar-refractivity contribution in [3.8, 4) is 0 Å². The predicted octanol–water partition coefficient (Wildman–Crippen LogP) is 1.39. The van der Waals surface area contributed by atoms with Crippen LogP contribution >= 0.6 is 0 Å². The Labute approximate surface area is 71.0 Å². The van der Waals surface area contributed by atoms with Crippen LogP contribution in [0.15, 0.2) is 11.8 Å². The molecule has 0 aromatic rings. The lowest BCUT2D eigenvalue weighted by Gasteiger charge is -2.09. The fraction of sp³-hybridized carbons (Fsp3) is 0.500. The Hall–Kier alpha value is -1.41. The molecule has 0 fully saturated rings. The average Bonchev–Trinajstić information content (AvgIpc) is 2.05. The summed E-state index contributed by atoms with van der Waals surface area (Å²) in [5.41, 5.74) is 9.63. The van der Waals surface area contributed by atoms with Gasteiger partial charge in [0.1, 0.15) is 0 Å². The van der Waals surface area contributed by atoms with Crippen LogP contribution in [-0.4, -0.2) is 22.8 Å². The van der Waals surface area contributed by atoms with Crippen LogP contribution in [0.25, 0.3) is 5.53 Å². The van der Waals surface area contributed by atoms with Crippen LogP contribution in [0, 0.1) is 5.41 Å². The van der Waals surface area contributed by atoms with Crippen molar-refractivity contribution in [3.63, 3.8) is 0 Å². The van der Waals surface area contributed by atoms with Crippen LogP contribution in [0.1, 0.15) is 19.8 Å². The van der Waals surface area contributed by atoms with Crippen molar-refractivity contribution in [2.75, 3.05) is 6.61 Å². The Morgan fingerprint density at radius 2 is 2.42 bits per heavy atom. The quantitative estimate of drug-likeness (QED) is 0.487. The van der Waals surface area contributed by atoms with Crippen molar-refractivity contribution in [1.82, 2.24) is 0 Å².